The van der Waals surface area contributed by atoms with Crippen molar-refractivity contribution in [2.45, 2.75) is 33.7 Å². The molecule has 2 aromatic heterocycles. The molecule has 5 nitrogen and oxygen atoms in total. The van der Waals surface area contributed by atoms with E-state index in [1.807, 2.05) is 32.2 Å². The Balaban J connectivity index is 2.01. The van der Waals surface area contributed by atoms with E-state index in [0.717, 1.165) is 35.7 Å². The first-order chi connectivity index (χ1) is 9.67. The molecule has 0 amide bonds. The van der Waals surface area contributed by atoms with Crippen molar-refractivity contribution in [3.05, 3.63) is 41.3 Å². The van der Waals surface area contributed by atoms with Gasteiger partial charge in [0.15, 0.2) is 0 Å². The van der Waals surface area contributed by atoms with E-state index >= 15 is 0 Å². The zero-order valence-electron chi connectivity index (χ0n) is 12.3. The highest BCUT2D eigenvalue weighted by Crippen LogP contribution is 2.11. The first-order valence-corrected chi connectivity index (χ1v) is 6.92. The van der Waals surface area contributed by atoms with Gasteiger partial charge in [0.25, 0.3) is 0 Å². The molecule has 0 unspecified atom stereocenters. The molecule has 2 rings (SSSR count). The molecule has 0 fully saturated rings. The van der Waals surface area contributed by atoms with Crippen LogP contribution in [0.25, 0.3) is 0 Å². The number of hydrogen-bond acceptors (Lipinski definition) is 5. The summed E-state index contributed by atoms with van der Waals surface area (Å²) in [4.78, 5) is 13.1. The van der Waals surface area contributed by atoms with Crippen LogP contribution >= 0.6 is 0 Å². The molecule has 0 bridgehead atoms. The molecule has 106 valence electrons. The van der Waals surface area contributed by atoms with Gasteiger partial charge in [-0.25, -0.2) is 4.98 Å². The van der Waals surface area contributed by atoms with Gasteiger partial charge in [-0.15, -0.1) is 0 Å². The third kappa shape index (κ3) is 4.19. The average Bonchev–Trinajstić information content (AvgIpc) is 2.44. The Bertz CT molecular complexity index is 551. The van der Waals surface area contributed by atoms with Crippen LogP contribution < -0.4 is 10.6 Å². The SMILES string of the molecule is CCCNc1nc(C)cc(NCc2ccc(C)nc2)n1. The predicted octanol–water partition coefficient (Wildman–Crippen LogP) is 2.92. The largest absolute Gasteiger partial charge is 0.366 e. The Morgan fingerprint density at radius 1 is 1.05 bits per heavy atom. The Labute approximate surface area is 119 Å². The van der Waals surface area contributed by atoms with Gasteiger partial charge in [0.2, 0.25) is 5.95 Å². The first-order valence-electron chi connectivity index (χ1n) is 6.92. The van der Waals surface area contributed by atoms with Gasteiger partial charge in [-0.1, -0.05) is 13.0 Å². The fourth-order valence-corrected chi connectivity index (χ4v) is 1.77. The maximum absolute atomic E-state index is 4.45. The van der Waals surface area contributed by atoms with E-state index < -0.39 is 0 Å². The highest BCUT2D eigenvalue weighted by Gasteiger charge is 2.02. The van der Waals surface area contributed by atoms with Gasteiger partial charge in [-0.2, -0.15) is 4.98 Å². The fraction of sp³-hybridized carbons (Fsp3) is 0.400. The van der Waals surface area contributed by atoms with Crippen molar-refractivity contribution in [2.24, 2.45) is 0 Å². The third-order valence-electron chi connectivity index (χ3n) is 2.83. The van der Waals surface area contributed by atoms with Gasteiger partial charge >= 0.3 is 0 Å². The van der Waals surface area contributed by atoms with Crippen LogP contribution in [0.3, 0.4) is 0 Å². The summed E-state index contributed by atoms with van der Waals surface area (Å²) in [6, 6.07) is 6.02. The molecule has 0 aliphatic carbocycles. The lowest BCUT2D eigenvalue weighted by Crippen LogP contribution is -2.08. The zero-order valence-corrected chi connectivity index (χ0v) is 12.3. The molecule has 2 N–H and O–H groups in total. The Hall–Kier alpha value is -2.17. The lowest BCUT2D eigenvalue weighted by atomic mass is 10.2. The van der Waals surface area contributed by atoms with E-state index in [-0.39, 0.29) is 0 Å². The summed E-state index contributed by atoms with van der Waals surface area (Å²) in [7, 11) is 0. The van der Waals surface area contributed by atoms with E-state index in [1.165, 1.54) is 0 Å². The number of hydrogen-bond donors (Lipinski definition) is 2. The van der Waals surface area contributed by atoms with E-state index in [1.54, 1.807) is 0 Å². The van der Waals surface area contributed by atoms with Crippen molar-refractivity contribution in [2.75, 3.05) is 17.2 Å². The smallest absolute Gasteiger partial charge is 0.224 e. The number of aromatic nitrogens is 3. The summed E-state index contributed by atoms with van der Waals surface area (Å²) in [6.45, 7) is 7.65. The van der Waals surface area contributed by atoms with Crippen molar-refractivity contribution >= 4 is 11.8 Å². The molecule has 0 aromatic carbocycles. The van der Waals surface area contributed by atoms with Gasteiger partial charge in [0, 0.05) is 36.7 Å². The fourth-order valence-electron chi connectivity index (χ4n) is 1.77. The summed E-state index contributed by atoms with van der Waals surface area (Å²) in [5.41, 5.74) is 3.11. The predicted molar refractivity (Wildman–Crippen MR) is 81.9 cm³/mol. The van der Waals surface area contributed by atoms with Crippen molar-refractivity contribution < 1.29 is 0 Å². The molecule has 0 saturated heterocycles. The second-order valence-electron chi connectivity index (χ2n) is 4.81. The standard InChI is InChI=1S/C15H21N5/c1-4-7-16-15-19-12(3)8-14(20-15)18-10-13-6-5-11(2)17-9-13/h5-6,8-9H,4,7,10H2,1-3H3,(H2,16,18,19,20). The molecule has 2 heterocycles. The van der Waals surface area contributed by atoms with Crippen LogP contribution in [0.1, 0.15) is 30.3 Å². The molecule has 0 saturated carbocycles. The molecule has 0 aliphatic heterocycles. The molecule has 20 heavy (non-hydrogen) atoms. The minimum absolute atomic E-state index is 0.677. The molecular formula is C15H21N5. The number of pyridine rings is 1. The highest BCUT2D eigenvalue weighted by atomic mass is 15.1. The number of nitrogens with zero attached hydrogens (tertiary/aromatic N) is 3. The number of aryl methyl sites for hydroxylation is 2. The first kappa shape index (κ1) is 14.2. The van der Waals surface area contributed by atoms with E-state index in [4.69, 9.17) is 0 Å². The van der Waals surface area contributed by atoms with E-state index in [2.05, 4.69) is 38.6 Å². The summed E-state index contributed by atoms with van der Waals surface area (Å²) in [6.07, 6.45) is 2.93. The highest BCUT2D eigenvalue weighted by molar-refractivity contribution is 5.42. The minimum Gasteiger partial charge on any atom is -0.366 e. The quantitative estimate of drug-likeness (QED) is 0.845. The molecule has 5 heteroatoms. The molecule has 0 aliphatic rings. The van der Waals surface area contributed by atoms with Gasteiger partial charge in [-0.05, 0) is 31.9 Å². The summed E-state index contributed by atoms with van der Waals surface area (Å²) >= 11 is 0. The summed E-state index contributed by atoms with van der Waals surface area (Å²) in [5, 5.41) is 6.51. The van der Waals surface area contributed by atoms with Crippen LogP contribution in [-0.4, -0.2) is 21.5 Å². The normalized spacial score (nSPS) is 10.3. The number of anilines is 2. The lowest BCUT2D eigenvalue weighted by Gasteiger charge is -2.09. The molecule has 0 atom stereocenters. The molecule has 0 spiro atoms. The monoisotopic (exact) mass is 271 g/mol. The van der Waals surface area contributed by atoms with Crippen molar-refractivity contribution in [3.63, 3.8) is 0 Å². The van der Waals surface area contributed by atoms with Crippen LogP contribution in [0, 0.1) is 13.8 Å². The van der Waals surface area contributed by atoms with Gasteiger partial charge in [-0.3, -0.25) is 4.98 Å². The second-order valence-corrected chi connectivity index (χ2v) is 4.81. The second kappa shape index (κ2) is 6.84. The summed E-state index contributed by atoms with van der Waals surface area (Å²) < 4.78 is 0. The maximum Gasteiger partial charge on any atom is 0.224 e. The average molecular weight is 271 g/mol. The van der Waals surface area contributed by atoms with Gasteiger partial charge in [0.1, 0.15) is 5.82 Å². The Morgan fingerprint density at radius 3 is 2.60 bits per heavy atom. The van der Waals surface area contributed by atoms with Crippen LogP contribution in [0.5, 0.6) is 0 Å². The lowest BCUT2D eigenvalue weighted by molar-refractivity contribution is 0.943. The molecule has 2 aromatic rings. The van der Waals surface area contributed by atoms with Crippen molar-refractivity contribution in [3.8, 4) is 0 Å². The van der Waals surface area contributed by atoms with Crippen LogP contribution in [0.2, 0.25) is 0 Å². The van der Waals surface area contributed by atoms with E-state index in [0.29, 0.717) is 12.5 Å². The van der Waals surface area contributed by atoms with Gasteiger partial charge < -0.3 is 10.6 Å². The van der Waals surface area contributed by atoms with Crippen LogP contribution in [0.15, 0.2) is 24.4 Å². The number of rotatable bonds is 6. The maximum atomic E-state index is 4.45. The van der Waals surface area contributed by atoms with E-state index in [9.17, 15) is 0 Å². The minimum atomic E-state index is 0.677. The Morgan fingerprint density at radius 2 is 1.90 bits per heavy atom. The van der Waals surface area contributed by atoms with Crippen LogP contribution in [-0.2, 0) is 6.54 Å². The zero-order chi connectivity index (χ0) is 14.4. The number of nitrogens with one attached hydrogen (secondary N) is 2. The van der Waals surface area contributed by atoms with Crippen molar-refractivity contribution in [1.82, 2.24) is 15.0 Å². The summed E-state index contributed by atoms with van der Waals surface area (Å²) in [5.74, 6) is 1.51. The van der Waals surface area contributed by atoms with Crippen LogP contribution in [0.4, 0.5) is 11.8 Å². The van der Waals surface area contributed by atoms with Crippen molar-refractivity contribution in [1.29, 1.82) is 0 Å². The third-order valence-corrected chi connectivity index (χ3v) is 2.83. The Kier molecular flexibility index (Phi) is 4.87. The topological polar surface area (TPSA) is 62.7 Å². The van der Waals surface area contributed by atoms with Gasteiger partial charge in [0.05, 0.1) is 0 Å². The molecular weight excluding hydrogens is 250 g/mol. The molecule has 0 radical (unpaired) electrons.